The van der Waals surface area contributed by atoms with Crippen LogP contribution in [0.1, 0.15) is 12.8 Å². The van der Waals surface area contributed by atoms with Gasteiger partial charge < -0.3 is 15.4 Å². The first kappa shape index (κ1) is 15.0. The van der Waals surface area contributed by atoms with Crippen molar-refractivity contribution in [1.82, 2.24) is 19.7 Å². The first-order chi connectivity index (χ1) is 11.8. The van der Waals surface area contributed by atoms with Crippen molar-refractivity contribution in [3.8, 4) is 17.1 Å². The average molecular weight is 323 g/mol. The first-order valence-electron chi connectivity index (χ1n) is 8.29. The molecule has 6 heteroatoms. The highest BCUT2D eigenvalue weighted by atomic mass is 16.5. The third kappa shape index (κ3) is 2.92. The van der Waals surface area contributed by atoms with Crippen molar-refractivity contribution in [2.45, 2.75) is 18.9 Å². The van der Waals surface area contributed by atoms with Crippen molar-refractivity contribution < 1.29 is 4.74 Å². The Kier molecular flexibility index (Phi) is 4.04. The lowest BCUT2D eigenvalue weighted by Crippen LogP contribution is -2.38. The van der Waals surface area contributed by atoms with Crippen LogP contribution in [-0.2, 0) is 0 Å². The largest absolute Gasteiger partial charge is 0.495 e. The van der Waals surface area contributed by atoms with Crippen molar-refractivity contribution in [1.29, 1.82) is 0 Å². The van der Waals surface area contributed by atoms with E-state index in [2.05, 4.69) is 15.6 Å². The molecule has 1 atom stereocenters. The predicted molar refractivity (Wildman–Crippen MR) is 94.5 cm³/mol. The molecule has 4 rings (SSSR count). The summed E-state index contributed by atoms with van der Waals surface area (Å²) < 4.78 is 7.33. The van der Waals surface area contributed by atoms with E-state index >= 15 is 0 Å². The van der Waals surface area contributed by atoms with E-state index in [9.17, 15) is 0 Å². The van der Waals surface area contributed by atoms with Crippen LogP contribution < -0.4 is 15.4 Å². The molecule has 0 aromatic carbocycles. The van der Waals surface area contributed by atoms with Crippen LogP contribution in [0.5, 0.6) is 5.75 Å². The number of aromatic nitrogens is 3. The summed E-state index contributed by atoms with van der Waals surface area (Å²) in [6.07, 6.45) is 6.16. The van der Waals surface area contributed by atoms with Crippen LogP contribution in [0.25, 0.3) is 17.0 Å². The van der Waals surface area contributed by atoms with Gasteiger partial charge in [0.05, 0.1) is 30.9 Å². The number of rotatable bonds is 4. The highest BCUT2D eigenvalue weighted by Gasteiger charge is 2.14. The molecule has 0 radical (unpaired) electrons. The number of hydrogen-bond donors (Lipinski definition) is 2. The van der Waals surface area contributed by atoms with Crippen LogP contribution in [0, 0.1) is 0 Å². The van der Waals surface area contributed by atoms with Gasteiger partial charge in [-0.25, -0.2) is 9.97 Å². The number of anilines is 1. The second-order valence-corrected chi connectivity index (χ2v) is 6.04. The van der Waals surface area contributed by atoms with E-state index in [1.54, 1.807) is 7.11 Å². The van der Waals surface area contributed by atoms with E-state index in [0.717, 1.165) is 41.7 Å². The van der Waals surface area contributed by atoms with Gasteiger partial charge in [0.25, 0.3) is 0 Å². The van der Waals surface area contributed by atoms with Gasteiger partial charge in [-0.2, -0.15) is 0 Å². The van der Waals surface area contributed by atoms with Crippen molar-refractivity contribution in [3.63, 3.8) is 0 Å². The molecule has 0 unspecified atom stereocenters. The van der Waals surface area contributed by atoms with Crippen molar-refractivity contribution >= 4 is 11.5 Å². The Morgan fingerprint density at radius 2 is 2.25 bits per heavy atom. The molecule has 24 heavy (non-hydrogen) atoms. The first-order valence-corrected chi connectivity index (χ1v) is 8.29. The summed E-state index contributed by atoms with van der Waals surface area (Å²) in [5, 5.41) is 6.94. The summed E-state index contributed by atoms with van der Waals surface area (Å²) >= 11 is 0. The minimum atomic E-state index is 0.434. The number of piperidine rings is 1. The number of ether oxygens (including phenoxy) is 1. The molecule has 1 saturated heterocycles. The summed E-state index contributed by atoms with van der Waals surface area (Å²) in [7, 11) is 1.67. The Labute approximate surface area is 140 Å². The van der Waals surface area contributed by atoms with E-state index in [4.69, 9.17) is 9.72 Å². The van der Waals surface area contributed by atoms with Gasteiger partial charge in [-0.05, 0) is 43.7 Å². The summed E-state index contributed by atoms with van der Waals surface area (Å²) in [4.78, 5) is 9.23. The Hall–Kier alpha value is -2.60. The lowest BCUT2D eigenvalue weighted by atomic mass is 10.1. The molecule has 0 amide bonds. The highest BCUT2D eigenvalue weighted by molar-refractivity contribution is 5.62. The van der Waals surface area contributed by atoms with Gasteiger partial charge in [0.1, 0.15) is 17.2 Å². The number of imidazole rings is 1. The maximum atomic E-state index is 5.32. The Morgan fingerprint density at radius 1 is 1.29 bits per heavy atom. The number of methoxy groups -OCH3 is 1. The standard InChI is InChI=1S/C18H21N5O/c1-24-14-7-8-18-20-11-16(23(18)12-14)15-5-2-6-17(22-15)21-13-4-3-9-19-10-13/h2,5-8,11-13,19H,3-4,9-10H2,1H3,(H,21,22)/t13-/m0/s1. The number of pyridine rings is 2. The van der Waals surface area contributed by atoms with Gasteiger partial charge in [0.15, 0.2) is 0 Å². The topological polar surface area (TPSA) is 63.5 Å². The van der Waals surface area contributed by atoms with Gasteiger partial charge >= 0.3 is 0 Å². The normalized spacial score (nSPS) is 17.8. The maximum Gasteiger partial charge on any atom is 0.137 e. The van der Waals surface area contributed by atoms with Gasteiger partial charge in [0, 0.05) is 12.6 Å². The zero-order valence-electron chi connectivity index (χ0n) is 13.7. The summed E-state index contributed by atoms with van der Waals surface area (Å²) in [5.41, 5.74) is 2.72. The zero-order valence-corrected chi connectivity index (χ0v) is 13.7. The molecule has 0 bridgehead atoms. The van der Waals surface area contributed by atoms with E-state index < -0.39 is 0 Å². The lowest BCUT2D eigenvalue weighted by molar-refractivity contribution is 0.412. The van der Waals surface area contributed by atoms with Crippen LogP contribution in [0.4, 0.5) is 5.82 Å². The molecule has 1 aliphatic rings. The number of hydrogen-bond acceptors (Lipinski definition) is 5. The number of nitrogens with one attached hydrogen (secondary N) is 2. The molecule has 3 aromatic heterocycles. The van der Waals surface area contributed by atoms with Crippen molar-refractivity contribution in [2.75, 3.05) is 25.5 Å². The number of fused-ring (bicyclic) bond motifs is 1. The zero-order chi connectivity index (χ0) is 16.4. The van der Waals surface area contributed by atoms with Crippen LogP contribution >= 0.6 is 0 Å². The minimum absolute atomic E-state index is 0.434. The van der Waals surface area contributed by atoms with Crippen LogP contribution in [0.2, 0.25) is 0 Å². The molecule has 3 aromatic rings. The molecule has 2 N–H and O–H groups in total. The summed E-state index contributed by atoms with van der Waals surface area (Å²) in [5.74, 6) is 1.70. The van der Waals surface area contributed by atoms with Gasteiger partial charge in [0.2, 0.25) is 0 Å². The van der Waals surface area contributed by atoms with E-state index in [-0.39, 0.29) is 0 Å². The maximum absolute atomic E-state index is 5.32. The monoisotopic (exact) mass is 323 g/mol. The van der Waals surface area contributed by atoms with E-state index in [1.165, 1.54) is 12.8 Å². The predicted octanol–water partition coefficient (Wildman–Crippen LogP) is 2.57. The Bertz CT molecular complexity index is 838. The second-order valence-electron chi connectivity index (χ2n) is 6.04. The summed E-state index contributed by atoms with van der Waals surface area (Å²) in [6.45, 7) is 2.09. The SMILES string of the molecule is COc1ccc2ncc(-c3cccc(N[C@H]4CCCNC4)n3)n2c1. The Balaban J connectivity index is 1.65. The fourth-order valence-corrected chi connectivity index (χ4v) is 3.11. The quantitative estimate of drug-likeness (QED) is 0.772. The fourth-order valence-electron chi connectivity index (χ4n) is 3.11. The molecule has 124 valence electrons. The molecule has 0 spiro atoms. The average Bonchev–Trinajstić information content (AvgIpc) is 3.06. The highest BCUT2D eigenvalue weighted by Crippen LogP contribution is 2.23. The lowest BCUT2D eigenvalue weighted by Gasteiger charge is -2.24. The molecule has 1 aliphatic heterocycles. The van der Waals surface area contributed by atoms with Crippen molar-refractivity contribution in [3.05, 3.63) is 42.7 Å². The molecular weight excluding hydrogens is 302 g/mol. The van der Waals surface area contributed by atoms with E-state index in [0.29, 0.717) is 6.04 Å². The second kappa shape index (κ2) is 6.49. The van der Waals surface area contributed by atoms with Crippen LogP contribution in [-0.4, -0.2) is 40.6 Å². The molecule has 6 nitrogen and oxygen atoms in total. The number of nitrogens with zero attached hydrogens (tertiary/aromatic N) is 3. The third-order valence-electron chi connectivity index (χ3n) is 4.37. The third-order valence-corrected chi connectivity index (χ3v) is 4.37. The Morgan fingerprint density at radius 3 is 3.08 bits per heavy atom. The van der Waals surface area contributed by atoms with Gasteiger partial charge in [-0.3, -0.25) is 4.40 Å². The molecule has 0 saturated carbocycles. The van der Waals surface area contributed by atoms with Gasteiger partial charge in [-0.1, -0.05) is 6.07 Å². The van der Waals surface area contributed by atoms with Crippen LogP contribution in [0.15, 0.2) is 42.7 Å². The molecule has 1 fully saturated rings. The smallest absolute Gasteiger partial charge is 0.137 e. The molecule has 0 aliphatic carbocycles. The van der Waals surface area contributed by atoms with E-state index in [1.807, 2.05) is 47.1 Å². The fraction of sp³-hybridized carbons (Fsp3) is 0.333. The minimum Gasteiger partial charge on any atom is -0.495 e. The van der Waals surface area contributed by atoms with Crippen LogP contribution in [0.3, 0.4) is 0 Å². The van der Waals surface area contributed by atoms with Crippen molar-refractivity contribution in [2.24, 2.45) is 0 Å². The molecular formula is C18H21N5O. The molecule has 4 heterocycles. The van der Waals surface area contributed by atoms with Gasteiger partial charge in [-0.15, -0.1) is 0 Å². The summed E-state index contributed by atoms with van der Waals surface area (Å²) in [6, 6.07) is 10.3.